The van der Waals surface area contributed by atoms with E-state index in [1.54, 1.807) is 0 Å². The molecule has 0 amide bonds. The Balaban J connectivity index is 1.97. The zero-order chi connectivity index (χ0) is 24.4. The summed E-state index contributed by atoms with van der Waals surface area (Å²) in [6.07, 6.45) is 2.83. The van der Waals surface area contributed by atoms with E-state index in [0.717, 1.165) is 51.1 Å². The van der Waals surface area contributed by atoms with Gasteiger partial charge < -0.3 is 9.47 Å². The van der Waals surface area contributed by atoms with Gasteiger partial charge in [0.1, 0.15) is 0 Å². The highest BCUT2D eigenvalue weighted by molar-refractivity contribution is 6.03. The molecule has 0 radical (unpaired) electrons. The van der Waals surface area contributed by atoms with E-state index in [9.17, 15) is 9.59 Å². The number of carbonyl (C=O) groups excluding carboxylic acids is 2. The van der Waals surface area contributed by atoms with Crippen molar-refractivity contribution in [3.05, 3.63) is 121 Å². The highest BCUT2D eigenvalue weighted by Gasteiger charge is 2.34. The van der Waals surface area contributed by atoms with Crippen LogP contribution in [0.5, 0.6) is 11.5 Å². The normalized spacial score (nSPS) is 11.2. The van der Waals surface area contributed by atoms with E-state index < -0.39 is 11.9 Å². The van der Waals surface area contributed by atoms with E-state index in [-0.39, 0.29) is 11.5 Å². The molecule has 0 spiro atoms. The van der Waals surface area contributed by atoms with Crippen molar-refractivity contribution in [2.75, 3.05) is 0 Å². The van der Waals surface area contributed by atoms with Gasteiger partial charge in [-0.05, 0) is 39.8 Å². The van der Waals surface area contributed by atoms with Crippen molar-refractivity contribution < 1.29 is 19.1 Å². The van der Waals surface area contributed by atoms with Crippen LogP contribution in [0.15, 0.2) is 110 Å². The van der Waals surface area contributed by atoms with Crippen molar-refractivity contribution in [2.24, 2.45) is 0 Å². The second-order valence-corrected chi connectivity index (χ2v) is 8.08. The van der Waals surface area contributed by atoms with Crippen LogP contribution < -0.4 is 9.47 Å². The molecule has 4 aromatic rings. The van der Waals surface area contributed by atoms with Gasteiger partial charge in [0.25, 0.3) is 0 Å². The van der Waals surface area contributed by atoms with E-state index in [1.807, 2.05) is 78.9 Å². The zero-order valence-electron chi connectivity index (χ0n) is 19.0. The standard InChI is InChI=1S/C31H22O4/c1-3-25(32)34-30-28(21-15-9-6-10-16-21)27(20-13-7-5-8-14-20)24-19-22-17-11-12-18-23(22)29(24)31(30)35-26(33)4-2/h3-18H,1-2,19H2. The molecule has 4 aromatic carbocycles. The molecule has 4 nitrogen and oxygen atoms in total. The van der Waals surface area contributed by atoms with Crippen LogP contribution in [0.2, 0.25) is 0 Å². The number of carbonyl (C=O) groups is 2. The van der Waals surface area contributed by atoms with E-state index >= 15 is 0 Å². The van der Waals surface area contributed by atoms with Gasteiger partial charge in [-0.15, -0.1) is 0 Å². The van der Waals surface area contributed by atoms with Gasteiger partial charge in [0.15, 0.2) is 11.5 Å². The predicted molar refractivity (Wildman–Crippen MR) is 137 cm³/mol. The third kappa shape index (κ3) is 3.96. The van der Waals surface area contributed by atoms with Crippen LogP contribution in [0.3, 0.4) is 0 Å². The molecule has 0 aromatic heterocycles. The summed E-state index contributed by atoms with van der Waals surface area (Å²) < 4.78 is 11.7. The summed E-state index contributed by atoms with van der Waals surface area (Å²) in [6.45, 7) is 7.11. The summed E-state index contributed by atoms with van der Waals surface area (Å²) in [4.78, 5) is 25.1. The molecule has 0 unspecified atom stereocenters. The summed E-state index contributed by atoms with van der Waals surface area (Å²) >= 11 is 0. The minimum absolute atomic E-state index is 0.172. The van der Waals surface area contributed by atoms with Gasteiger partial charge in [-0.1, -0.05) is 98.1 Å². The van der Waals surface area contributed by atoms with Crippen LogP contribution >= 0.6 is 0 Å². The van der Waals surface area contributed by atoms with Gasteiger partial charge in [-0.3, -0.25) is 0 Å². The number of hydrogen-bond donors (Lipinski definition) is 0. The summed E-state index contributed by atoms with van der Waals surface area (Å²) in [6, 6.07) is 27.6. The molecule has 0 heterocycles. The van der Waals surface area contributed by atoms with Gasteiger partial charge in [0.2, 0.25) is 0 Å². The van der Waals surface area contributed by atoms with Gasteiger partial charge in [-0.25, -0.2) is 9.59 Å². The van der Waals surface area contributed by atoms with Gasteiger partial charge in [0, 0.05) is 23.3 Å². The zero-order valence-corrected chi connectivity index (χ0v) is 19.0. The summed E-state index contributed by atoms with van der Waals surface area (Å²) in [5.41, 5.74) is 7.16. The molecule has 0 fully saturated rings. The maximum atomic E-state index is 12.6. The highest BCUT2D eigenvalue weighted by Crippen LogP contribution is 2.56. The van der Waals surface area contributed by atoms with Crippen LogP contribution in [-0.4, -0.2) is 11.9 Å². The Labute approximate surface area is 203 Å². The lowest BCUT2D eigenvalue weighted by molar-refractivity contribution is -0.131. The molecule has 0 saturated carbocycles. The molecular weight excluding hydrogens is 436 g/mol. The second kappa shape index (κ2) is 9.27. The Morgan fingerprint density at radius 1 is 0.629 bits per heavy atom. The summed E-state index contributed by atoms with van der Waals surface area (Å²) in [5, 5.41) is 0. The monoisotopic (exact) mass is 458 g/mol. The third-order valence-electron chi connectivity index (χ3n) is 6.03. The minimum Gasteiger partial charge on any atom is -0.419 e. The first-order valence-corrected chi connectivity index (χ1v) is 11.2. The maximum Gasteiger partial charge on any atom is 0.335 e. The van der Waals surface area contributed by atoms with Crippen molar-refractivity contribution in [3.8, 4) is 44.9 Å². The lowest BCUT2D eigenvalue weighted by Crippen LogP contribution is -2.12. The lowest BCUT2D eigenvalue weighted by atomic mass is 9.86. The second-order valence-electron chi connectivity index (χ2n) is 8.08. The number of ether oxygens (including phenoxy) is 2. The SMILES string of the molecule is C=CC(=O)Oc1c(OC(=O)C=C)c(-c2ccccc2)c(-c2ccccc2)c2c1-c1ccccc1C2. The quantitative estimate of drug-likeness (QED) is 0.160. The van der Waals surface area contributed by atoms with Gasteiger partial charge >= 0.3 is 11.9 Å². The van der Waals surface area contributed by atoms with Crippen LogP contribution in [0.1, 0.15) is 11.1 Å². The highest BCUT2D eigenvalue weighted by atomic mass is 16.6. The van der Waals surface area contributed by atoms with Crippen LogP contribution in [0.25, 0.3) is 33.4 Å². The van der Waals surface area contributed by atoms with Crippen molar-refractivity contribution in [1.82, 2.24) is 0 Å². The Hall–Kier alpha value is -4.70. The first-order chi connectivity index (χ1) is 17.1. The van der Waals surface area contributed by atoms with Crippen molar-refractivity contribution in [2.45, 2.75) is 6.42 Å². The fourth-order valence-electron chi connectivity index (χ4n) is 4.61. The lowest BCUT2D eigenvalue weighted by Gasteiger charge is -2.23. The molecule has 1 aliphatic rings. The van der Waals surface area contributed by atoms with Gasteiger partial charge in [0.05, 0.1) is 0 Å². The maximum absolute atomic E-state index is 12.6. The molecule has 0 atom stereocenters. The molecule has 5 rings (SSSR count). The number of fused-ring (bicyclic) bond motifs is 3. The average Bonchev–Trinajstić information content (AvgIpc) is 3.29. The Morgan fingerprint density at radius 3 is 1.69 bits per heavy atom. The van der Waals surface area contributed by atoms with E-state index in [4.69, 9.17) is 9.47 Å². The fraction of sp³-hybridized carbons (Fsp3) is 0.0323. The van der Waals surface area contributed by atoms with E-state index in [1.165, 1.54) is 0 Å². The first kappa shape index (κ1) is 22.1. The molecule has 0 saturated heterocycles. The van der Waals surface area contributed by atoms with Crippen LogP contribution in [0, 0.1) is 0 Å². The molecule has 0 bridgehead atoms. The average molecular weight is 459 g/mol. The first-order valence-electron chi connectivity index (χ1n) is 11.2. The fourth-order valence-corrected chi connectivity index (χ4v) is 4.61. The largest absolute Gasteiger partial charge is 0.419 e. The summed E-state index contributed by atoms with van der Waals surface area (Å²) in [5.74, 6) is -0.920. The number of hydrogen-bond acceptors (Lipinski definition) is 4. The van der Waals surface area contributed by atoms with Crippen molar-refractivity contribution >= 4 is 11.9 Å². The Bertz CT molecular complexity index is 1470. The third-order valence-corrected chi connectivity index (χ3v) is 6.03. The van der Waals surface area contributed by atoms with Crippen LogP contribution in [0.4, 0.5) is 0 Å². The smallest absolute Gasteiger partial charge is 0.335 e. The molecule has 0 aliphatic heterocycles. The Kier molecular flexibility index (Phi) is 5.86. The molecular formula is C31H22O4. The molecule has 1 aliphatic carbocycles. The van der Waals surface area contributed by atoms with E-state index in [2.05, 4.69) is 19.2 Å². The van der Waals surface area contributed by atoms with Crippen molar-refractivity contribution in [1.29, 1.82) is 0 Å². The van der Waals surface area contributed by atoms with Crippen LogP contribution in [-0.2, 0) is 16.0 Å². The topological polar surface area (TPSA) is 52.6 Å². The molecule has 35 heavy (non-hydrogen) atoms. The van der Waals surface area contributed by atoms with Gasteiger partial charge in [-0.2, -0.15) is 0 Å². The predicted octanol–water partition coefficient (Wildman–Crippen LogP) is 6.77. The Morgan fingerprint density at radius 2 is 1.11 bits per heavy atom. The molecule has 170 valence electrons. The summed E-state index contributed by atoms with van der Waals surface area (Å²) in [7, 11) is 0. The molecule has 0 N–H and O–H groups in total. The van der Waals surface area contributed by atoms with Crippen molar-refractivity contribution in [3.63, 3.8) is 0 Å². The number of benzene rings is 4. The number of esters is 2. The number of rotatable bonds is 6. The molecule has 4 heteroatoms. The van der Waals surface area contributed by atoms with E-state index in [0.29, 0.717) is 12.0 Å². The minimum atomic E-state index is -0.650.